The average molecular weight is 514 g/mol. The third-order valence-corrected chi connectivity index (χ3v) is 7.59. The SMILES string of the molecule is O=C(c1cc(-c2ccncc2)n(-c2ccc(F)cc2F)n1)N1CCC2(CC1)C(=O)CCN2c1ccccc1. The van der Waals surface area contributed by atoms with Gasteiger partial charge in [0.2, 0.25) is 0 Å². The van der Waals surface area contributed by atoms with E-state index in [-0.39, 0.29) is 23.1 Å². The molecule has 0 unspecified atom stereocenters. The molecule has 1 amide bonds. The van der Waals surface area contributed by atoms with Gasteiger partial charge in [0.15, 0.2) is 17.3 Å². The van der Waals surface area contributed by atoms with Gasteiger partial charge in [0, 0.05) is 55.8 Å². The highest BCUT2D eigenvalue weighted by Crippen LogP contribution is 2.39. The lowest BCUT2D eigenvalue weighted by molar-refractivity contribution is -0.123. The molecule has 0 atom stereocenters. The van der Waals surface area contributed by atoms with E-state index in [0.717, 1.165) is 17.8 Å². The first-order valence-corrected chi connectivity index (χ1v) is 12.6. The Kier molecular flexibility index (Phi) is 5.98. The molecule has 4 heterocycles. The summed E-state index contributed by atoms with van der Waals surface area (Å²) >= 11 is 0. The van der Waals surface area contributed by atoms with Crippen molar-refractivity contribution in [2.24, 2.45) is 0 Å². The van der Waals surface area contributed by atoms with Crippen molar-refractivity contribution in [3.8, 4) is 16.9 Å². The Morgan fingerprint density at radius 3 is 2.34 bits per heavy atom. The average Bonchev–Trinajstić information content (AvgIpc) is 3.52. The highest BCUT2D eigenvalue weighted by atomic mass is 19.1. The minimum absolute atomic E-state index is 0.0323. The number of halogens is 2. The fourth-order valence-electron chi connectivity index (χ4n) is 5.64. The zero-order valence-corrected chi connectivity index (χ0v) is 20.6. The number of carbonyl (C=O) groups is 2. The van der Waals surface area contributed by atoms with Gasteiger partial charge in [-0.05, 0) is 55.3 Å². The number of ketones is 1. The summed E-state index contributed by atoms with van der Waals surface area (Å²) in [6.45, 7) is 1.46. The molecule has 2 aliphatic heterocycles. The molecule has 6 rings (SSSR count). The molecule has 1 spiro atoms. The zero-order valence-electron chi connectivity index (χ0n) is 20.6. The third kappa shape index (κ3) is 4.04. The number of benzene rings is 2. The Balaban J connectivity index is 1.29. The van der Waals surface area contributed by atoms with Gasteiger partial charge in [-0.25, -0.2) is 13.5 Å². The van der Waals surface area contributed by atoms with E-state index in [9.17, 15) is 18.4 Å². The quantitative estimate of drug-likeness (QED) is 0.397. The van der Waals surface area contributed by atoms with Crippen molar-refractivity contribution in [3.63, 3.8) is 0 Å². The van der Waals surface area contributed by atoms with Gasteiger partial charge < -0.3 is 9.80 Å². The first-order chi connectivity index (χ1) is 18.5. The monoisotopic (exact) mass is 513 g/mol. The largest absolute Gasteiger partial charge is 0.358 e. The summed E-state index contributed by atoms with van der Waals surface area (Å²) in [6, 6.07) is 18.2. The van der Waals surface area contributed by atoms with Gasteiger partial charge in [-0.1, -0.05) is 18.2 Å². The summed E-state index contributed by atoms with van der Waals surface area (Å²) in [7, 11) is 0. The summed E-state index contributed by atoms with van der Waals surface area (Å²) in [6.07, 6.45) is 4.73. The summed E-state index contributed by atoms with van der Waals surface area (Å²) < 4.78 is 29.6. The molecule has 4 aromatic rings. The molecule has 0 radical (unpaired) electrons. The van der Waals surface area contributed by atoms with Gasteiger partial charge in [-0.15, -0.1) is 0 Å². The number of nitrogens with zero attached hydrogens (tertiary/aromatic N) is 5. The van der Waals surface area contributed by atoms with E-state index in [1.165, 1.54) is 10.7 Å². The first kappa shape index (κ1) is 24.0. The van der Waals surface area contributed by atoms with Crippen LogP contribution in [0.1, 0.15) is 29.8 Å². The Hall–Kier alpha value is -4.40. The minimum Gasteiger partial charge on any atom is -0.358 e. The highest BCUT2D eigenvalue weighted by molar-refractivity contribution is 5.97. The smallest absolute Gasteiger partial charge is 0.274 e. The van der Waals surface area contributed by atoms with Gasteiger partial charge in [-0.2, -0.15) is 5.10 Å². The number of anilines is 1. The number of para-hydroxylation sites is 1. The molecule has 9 heteroatoms. The molecule has 2 aliphatic rings. The van der Waals surface area contributed by atoms with Crippen molar-refractivity contribution in [1.82, 2.24) is 19.7 Å². The van der Waals surface area contributed by atoms with Crippen LogP contribution in [0.25, 0.3) is 16.9 Å². The van der Waals surface area contributed by atoms with Crippen molar-refractivity contribution in [2.75, 3.05) is 24.5 Å². The van der Waals surface area contributed by atoms with Gasteiger partial charge >= 0.3 is 0 Å². The second-order valence-corrected chi connectivity index (χ2v) is 9.64. The van der Waals surface area contributed by atoms with Crippen LogP contribution in [-0.4, -0.2) is 56.5 Å². The predicted molar refractivity (Wildman–Crippen MR) is 138 cm³/mol. The number of Topliss-reactive ketones (excluding diaryl/α,β-unsaturated/α-hetero) is 1. The second-order valence-electron chi connectivity index (χ2n) is 9.64. The van der Waals surface area contributed by atoms with Gasteiger partial charge in [0.25, 0.3) is 5.91 Å². The van der Waals surface area contributed by atoms with Crippen LogP contribution < -0.4 is 4.90 Å². The molecule has 0 saturated carbocycles. The molecule has 2 aromatic heterocycles. The van der Waals surface area contributed by atoms with Crippen molar-refractivity contribution >= 4 is 17.4 Å². The van der Waals surface area contributed by atoms with Crippen molar-refractivity contribution in [2.45, 2.75) is 24.8 Å². The van der Waals surface area contributed by atoms with Crippen LogP contribution in [0, 0.1) is 11.6 Å². The fraction of sp³-hybridized carbons (Fsp3) is 0.241. The van der Waals surface area contributed by atoms with E-state index in [4.69, 9.17) is 0 Å². The van der Waals surface area contributed by atoms with E-state index in [1.807, 2.05) is 30.3 Å². The molecular weight excluding hydrogens is 488 g/mol. The Morgan fingerprint density at radius 2 is 1.63 bits per heavy atom. The fourth-order valence-corrected chi connectivity index (χ4v) is 5.64. The number of amides is 1. The van der Waals surface area contributed by atoms with E-state index >= 15 is 0 Å². The number of piperidine rings is 1. The standard InChI is InChI=1S/C29H25F2N5O2/c30-21-6-7-25(23(31)18-21)36-26(20-8-13-32-14-9-20)19-24(33-36)28(38)34-16-11-29(12-17-34)27(37)10-15-35(29)22-4-2-1-3-5-22/h1-9,13-14,18-19H,10-12,15-17H2. The van der Waals surface area contributed by atoms with Gasteiger partial charge in [-0.3, -0.25) is 14.6 Å². The third-order valence-electron chi connectivity index (χ3n) is 7.59. The highest BCUT2D eigenvalue weighted by Gasteiger charge is 2.50. The van der Waals surface area contributed by atoms with Crippen LogP contribution in [0.5, 0.6) is 0 Å². The Bertz CT molecular complexity index is 1500. The topological polar surface area (TPSA) is 71.3 Å². The lowest BCUT2D eigenvalue weighted by atomic mass is 9.83. The lowest BCUT2D eigenvalue weighted by Gasteiger charge is -2.44. The zero-order chi connectivity index (χ0) is 26.3. The van der Waals surface area contributed by atoms with E-state index in [2.05, 4.69) is 15.0 Å². The van der Waals surface area contributed by atoms with Crippen LogP contribution in [0.2, 0.25) is 0 Å². The predicted octanol–water partition coefficient (Wildman–Crippen LogP) is 4.67. The number of aromatic nitrogens is 3. The minimum atomic E-state index is -0.789. The number of hydrogen-bond donors (Lipinski definition) is 0. The van der Waals surface area contributed by atoms with Crippen LogP contribution in [0.15, 0.2) is 79.1 Å². The molecule has 38 heavy (non-hydrogen) atoms. The normalized spacial score (nSPS) is 16.8. The molecule has 2 saturated heterocycles. The molecule has 192 valence electrons. The second kappa shape index (κ2) is 9.48. The number of carbonyl (C=O) groups excluding carboxylic acids is 2. The summed E-state index contributed by atoms with van der Waals surface area (Å²) in [5.74, 6) is -1.57. The molecule has 0 bridgehead atoms. The van der Waals surface area contributed by atoms with Gasteiger partial charge in [0.1, 0.15) is 17.0 Å². The summed E-state index contributed by atoms with van der Waals surface area (Å²) in [4.78, 5) is 34.6. The molecular formula is C29H25F2N5O2. The van der Waals surface area contributed by atoms with Crippen molar-refractivity contribution < 1.29 is 18.4 Å². The van der Waals surface area contributed by atoms with Crippen LogP contribution in [0.4, 0.5) is 14.5 Å². The van der Waals surface area contributed by atoms with E-state index < -0.39 is 17.2 Å². The van der Waals surface area contributed by atoms with Gasteiger partial charge in [0.05, 0.1) is 5.69 Å². The maximum atomic E-state index is 14.7. The lowest BCUT2D eigenvalue weighted by Crippen LogP contribution is -2.56. The Morgan fingerprint density at radius 1 is 0.895 bits per heavy atom. The number of likely N-dealkylation sites (tertiary alicyclic amines) is 1. The van der Waals surface area contributed by atoms with Crippen LogP contribution in [0.3, 0.4) is 0 Å². The Labute approximate surface area is 218 Å². The summed E-state index contributed by atoms with van der Waals surface area (Å²) in [5.41, 5.74) is 1.75. The molecule has 7 nitrogen and oxygen atoms in total. The number of pyridine rings is 1. The summed E-state index contributed by atoms with van der Waals surface area (Å²) in [5, 5.41) is 4.45. The van der Waals surface area contributed by atoms with E-state index in [0.29, 0.717) is 50.2 Å². The first-order valence-electron chi connectivity index (χ1n) is 12.6. The number of hydrogen-bond acceptors (Lipinski definition) is 5. The molecule has 2 fully saturated rings. The number of rotatable bonds is 4. The van der Waals surface area contributed by atoms with Crippen LogP contribution in [-0.2, 0) is 4.79 Å². The van der Waals surface area contributed by atoms with E-state index in [1.54, 1.807) is 35.5 Å². The maximum absolute atomic E-state index is 14.7. The molecule has 0 N–H and O–H groups in total. The van der Waals surface area contributed by atoms with Crippen molar-refractivity contribution in [3.05, 3.63) is 96.5 Å². The molecule has 2 aromatic carbocycles. The maximum Gasteiger partial charge on any atom is 0.274 e. The van der Waals surface area contributed by atoms with Crippen molar-refractivity contribution in [1.29, 1.82) is 0 Å². The van der Waals surface area contributed by atoms with Crippen LogP contribution >= 0.6 is 0 Å². The molecule has 0 aliphatic carbocycles.